The highest BCUT2D eigenvalue weighted by molar-refractivity contribution is 5.73. The van der Waals surface area contributed by atoms with Crippen LogP contribution in [0.25, 0.3) is 11.3 Å². The van der Waals surface area contributed by atoms with Crippen molar-refractivity contribution < 1.29 is 4.79 Å². The molecule has 4 unspecified atom stereocenters. The van der Waals surface area contributed by atoms with E-state index in [9.17, 15) is 4.79 Å². The lowest BCUT2D eigenvalue weighted by molar-refractivity contribution is -0.129. The van der Waals surface area contributed by atoms with Crippen LogP contribution in [0.4, 0.5) is 0 Å². The summed E-state index contributed by atoms with van der Waals surface area (Å²) in [6, 6.07) is 13.8. The fourth-order valence-corrected chi connectivity index (χ4v) is 5.92. The Bertz CT molecular complexity index is 940. The SMILES string of the molecule is CC(=O)N1CCC(NCC2CC3CCN2CC3c2cc(-c3ccccc3)nc(C)n2)CC1. The van der Waals surface area contributed by atoms with Crippen LogP contribution in [0.1, 0.15) is 50.0 Å². The number of benzene rings is 1. The van der Waals surface area contributed by atoms with E-state index in [-0.39, 0.29) is 5.91 Å². The van der Waals surface area contributed by atoms with E-state index in [1.54, 1.807) is 6.92 Å². The van der Waals surface area contributed by atoms with Gasteiger partial charge in [-0.2, -0.15) is 0 Å². The average Bonchev–Trinajstić information content (AvgIpc) is 2.83. The summed E-state index contributed by atoms with van der Waals surface area (Å²) in [5.74, 6) is 2.28. The molecule has 4 saturated heterocycles. The molecule has 0 saturated carbocycles. The smallest absolute Gasteiger partial charge is 0.219 e. The van der Waals surface area contributed by atoms with Gasteiger partial charge in [0.1, 0.15) is 5.82 Å². The van der Waals surface area contributed by atoms with Crippen molar-refractivity contribution in [2.75, 3.05) is 32.7 Å². The highest BCUT2D eigenvalue weighted by atomic mass is 16.2. The van der Waals surface area contributed by atoms with Crippen LogP contribution < -0.4 is 5.32 Å². The maximum absolute atomic E-state index is 11.6. The average molecular weight is 434 g/mol. The van der Waals surface area contributed by atoms with E-state index in [2.05, 4.69) is 40.5 Å². The van der Waals surface area contributed by atoms with Gasteiger partial charge in [0.05, 0.1) is 5.69 Å². The number of nitrogens with one attached hydrogen (secondary N) is 1. The lowest BCUT2D eigenvalue weighted by Gasteiger charge is -2.50. The summed E-state index contributed by atoms with van der Waals surface area (Å²) in [7, 11) is 0. The quantitative estimate of drug-likeness (QED) is 0.785. The van der Waals surface area contributed by atoms with Crippen molar-refractivity contribution in [2.24, 2.45) is 5.92 Å². The van der Waals surface area contributed by atoms with Crippen molar-refractivity contribution in [3.8, 4) is 11.3 Å². The Morgan fingerprint density at radius 2 is 1.88 bits per heavy atom. The molecule has 4 fully saturated rings. The Morgan fingerprint density at radius 3 is 2.56 bits per heavy atom. The van der Waals surface area contributed by atoms with E-state index < -0.39 is 0 Å². The van der Waals surface area contributed by atoms with E-state index in [1.807, 2.05) is 17.9 Å². The van der Waals surface area contributed by atoms with E-state index in [1.165, 1.54) is 30.6 Å². The number of piperidine rings is 4. The lowest BCUT2D eigenvalue weighted by Crippen LogP contribution is -2.57. The van der Waals surface area contributed by atoms with Gasteiger partial charge in [-0.3, -0.25) is 9.69 Å². The first kappa shape index (κ1) is 21.5. The molecule has 32 heavy (non-hydrogen) atoms. The minimum Gasteiger partial charge on any atom is -0.343 e. The van der Waals surface area contributed by atoms with Crippen molar-refractivity contribution >= 4 is 5.91 Å². The molecule has 1 amide bonds. The Morgan fingerprint density at radius 1 is 1.09 bits per heavy atom. The van der Waals surface area contributed by atoms with Gasteiger partial charge in [0.15, 0.2) is 0 Å². The first-order valence-corrected chi connectivity index (χ1v) is 12.2. The van der Waals surface area contributed by atoms with E-state index in [4.69, 9.17) is 9.97 Å². The highest BCUT2D eigenvalue weighted by Gasteiger charge is 2.41. The lowest BCUT2D eigenvalue weighted by atomic mass is 9.74. The maximum atomic E-state index is 11.6. The number of hydrogen-bond donors (Lipinski definition) is 1. The third-order valence-electron chi connectivity index (χ3n) is 7.77. The molecule has 170 valence electrons. The number of nitrogens with zero attached hydrogens (tertiary/aromatic N) is 4. The summed E-state index contributed by atoms with van der Waals surface area (Å²) >= 11 is 0. The van der Waals surface area contributed by atoms with Gasteiger partial charge in [0, 0.05) is 62.4 Å². The Balaban J connectivity index is 1.21. The number of likely N-dealkylation sites (tertiary alicyclic amines) is 1. The third kappa shape index (κ3) is 4.57. The minimum atomic E-state index is 0.209. The zero-order valence-corrected chi connectivity index (χ0v) is 19.3. The highest BCUT2D eigenvalue weighted by Crippen LogP contribution is 2.41. The van der Waals surface area contributed by atoms with Crippen LogP contribution in [-0.2, 0) is 4.79 Å². The molecule has 2 bridgehead atoms. The Hall–Kier alpha value is -2.31. The van der Waals surface area contributed by atoms with Crippen LogP contribution in [-0.4, -0.2) is 70.5 Å². The number of carbonyl (C=O) groups is 1. The molecule has 0 spiro atoms. The summed E-state index contributed by atoms with van der Waals surface area (Å²) < 4.78 is 0. The standard InChI is InChI=1S/C26H35N5O/c1-18-28-25(20-6-4-3-5-7-20)15-26(29-18)24-17-31-11-8-21(24)14-23(31)16-27-22-9-12-30(13-10-22)19(2)32/h3-7,15,21-24,27H,8-14,16-17H2,1-2H3. The number of aromatic nitrogens is 2. The van der Waals surface area contributed by atoms with Gasteiger partial charge in [0.2, 0.25) is 5.91 Å². The van der Waals surface area contributed by atoms with Crippen molar-refractivity contribution in [1.82, 2.24) is 25.1 Å². The minimum absolute atomic E-state index is 0.209. The zero-order chi connectivity index (χ0) is 22.1. The molecule has 2 aromatic rings. The molecule has 6 heteroatoms. The molecule has 1 aromatic carbocycles. The molecule has 0 radical (unpaired) electrons. The number of aryl methyl sites for hydroxylation is 1. The topological polar surface area (TPSA) is 61.4 Å². The Labute approximate surface area is 191 Å². The van der Waals surface area contributed by atoms with Crippen molar-refractivity contribution in [3.63, 3.8) is 0 Å². The summed E-state index contributed by atoms with van der Waals surface area (Å²) in [4.78, 5) is 25.8. The third-order valence-corrected chi connectivity index (χ3v) is 7.77. The number of amides is 1. The van der Waals surface area contributed by atoms with E-state index in [0.717, 1.165) is 50.5 Å². The van der Waals surface area contributed by atoms with Gasteiger partial charge >= 0.3 is 0 Å². The number of fused-ring (bicyclic) bond motifs is 3. The molecule has 5 heterocycles. The molecule has 0 aliphatic carbocycles. The normalized spacial score (nSPS) is 28.1. The van der Waals surface area contributed by atoms with Crippen LogP contribution >= 0.6 is 0 Å². The molecule has 4 aliphatic rings. The Kier molecular flexibility index (Phi) is 6.24. The second-order valence-corrected chi connectivity index (χ2v) is 9.82. The first-order valence-electron chi connectivity index (χ1n) is 12.2. The molecule has 6 rings (SSSR count). The van der Waals surface area contributed by atoms with Crippen LogP contribution in [0.2, 0.25) is 0 Å². The van der Waals surface area contributed by atoms with Crippen LogP contribution in [0.3, 0.4) is 0 Å². The van der Waals surface area contributed by atoms with Gasteiger partial charge in [-0.1, -0.05) is 30.3 Å². The van der Waals surface area contributed by atoms with Gasteiger partial charge in [-0.05, 0) is 51.1 Å². The number of carbonyl (C=O) groups excluding carboxylic acids is 1. The second kappa shape index (κ2) is 9.28. The monoisotopic (exact) mass is 433 g/mol. The largest absolute Gasteiger partial charge is 0.343 e. The van der Waals surface area contributed by atoms with Crippen molar-refractivity contribution in [2.45, 2.75) is 57.5 Å². The van der Waals surface area contributed by atoms with Crippen molar-refractivity contribution in [1.29, 1.82) is 0 Å². The summed E-state index contributed by atoms with van der Waals surface area (Å²) in [5.41, 5.74) is 3.42. The summed E-state index contributed by atoms with van der Waals surface area (Å²) in [5, 5.41) is 3.82. The predicted molar refractivity (Wildman–Crippen MR) is 126 cm³/mol. The van der Waals surface area contributed by atoms with E-state index in [0.29, 0.717) is 23.9 Å². The second-order valence-electron chi connectivity index (χ2n) is 9.82. The van der Waals surface area contributed by atoms with Crippen LogP contribution in [0.5, 0.6) is 0 Å². The van der Waals surface area contributed by atoms with Gasteiger partial charge < -0.3 is 10.2 Å². The van der Waals surface area contributed by atoms with Crippen molar-refractivity contribution in [3.05, 3.63) is 47.9 Å². The molecular formula is C26H35N5O. The molecule has 4 atom stereocenters. The first-order chi connectivity index (χ1) is 15.6. The number of rotatable bonds is 5. The predicted octanol–water partition coefficient (Wildman–Crippen LogP) is 3.23. The zero-order valence-electron chi connectivity index (χ0n) is 19.3. The maximum Gasteiger partial charge on any atom is 0.219 e. The fraction of sp³-hybridized carbons (Fsp3) is 0.577. The summed E-state index contributed by atoms with van der Waals surface area (Å²) in [6.07, 6.45) is 4.65. The number of hydrogen-bond acceptors (Lipinski definition) is 5. The molecule has 1 aromatic heterocycles. The fourth-order valence-electron chi connectivity index (χ4n) is 5.92. The van der Waals surface area contributed by atoms with Gasteiger partial charge in [0.25, 0.3) is 0 Å². The van der Waals surface area contributed by atoms with Crippen LogP contribution in [0.15, 0.2) is 36.4 Å². The molecular weight excluding hydrogens is 398 g/mol. The molecule has 6 nitrogen and oxygen atoms in total. The molecule has 4 aliphatic heterocycles. The van der Waals surface area contributed by atoms with E-state index >= 15 is 0 Å². The molecule has 1 N–H and O–H groups in total. The summed E-state index contributed by atoms with van der Waals surface area (Å²) in [6.45, 7) is 8.84. The van der Waals surface area contributed by atoms with Gasteiger partial charge in [-0.15, -0.1) is 0 Å². The van der Waals surface area contributed by atoms with Gasteiger partial charge in [-0.25, -0.2) is 9.97 Å². The van der Waals surface area contributed by atoms with Crippen LogP contribution in [0, 0.1) is 12.8 Å².